The molecule has 0 radical (unpaired) electrons. The number of ether oxygens (including phenoxy) is 2. The molecule has 6 heteroatoms. The smallest absolute Gasteiger partial charge is 0.257 e. The summed E-state index contributed by atoms with van der Waals surface area (Å²) in [5.74, 6) is 2.64. The molecule has 2 atom stereocenters. The van der Waals surface area contributed by atoms with Crippen LogP contribution in [-0.2, 0) is 11.3 Å². The van der Waals surface area contributed by atoms with Crippen LogP contribution in [0.1, 0.15) is 54.0 Å². The quantitative estimate of drug-likeness (QED) is 0.734. The van der Waals surface area contributed by atoms with E-state index in [9.17, 15) is 4.79 Å². The lowest BCUT2D eigenvalue weighted by atomic mass is 9.93. The predicted molar refractivity (Wildman–Crippen MR) is 119 cm³/mol. The largest absolute Gasteiger partial charge is 0.491 e. The lowest BCUT2D eigenvalue weighted by Gasteiger charge is -2.41. The molecule has 1 aromatic carbocycles. The van der Waals surface area contributed by atoms with Crippen molar-refractivity contribution in [3.63, 3.8) is 0 Å². The Bertz CT molecular complexity index is 865. The van der Waals surface area contributed by atoms with Gasteiger partial charge in [-0.25, -0.2) is 0 Å². The number of carbonyl (C=O) groups is 1. The van der Waals surface area contributed by atoms with Gasteiger partial charge in [0.1, 0.15) is 23.9 Å². The minimum atomic E-state index is 0.0597. The molecule has 0 N–H and O–H groups in total. The van der Waals surface area contributed by atoms with E-state index >= 15 is 0 Å². The van der Waals surface area contributed by atoms with Crippen molar-refractivity contribution in [1.82, 2.24) is 9.80 Å². The standard InChI is InChI=1S/C25H34N2O4/c1-19-12-13-20(31-19)18-26-14-6-5-9-22-24(29-2)11-7-15-27(22)25(28)21-8-3-4-10-23(21)30-17-16-26/h3-4,8,10,12-13,22,24H,5-7,9,11,14-18H2,1-2H3/t22-,24-/m1/s1. The van der Waals surface area contributed by atoms with Crippen LogP contribution in [0.3, 0.4) is 0 Å². The van der Waals surface area contributed by atoms with Gasteiger partial charge in [0, 0.05) is 20.2 Å². The first-order valence-corrected chi connectivity index (χ1v) is 11.5. The zero-order valence-electron chi connectivity index (χ0n) is 18.7. The zero-order valence-corrected chi connectivity index (χ0v) is 18.7. The number of carbonyl (C=O) groups excluding carboxylic acids is 1. The van der Waals surface area contributed by atoms with Gasteiger partial charge in [-0.15, -0.1) is 0 Å². The number of amides is 1. The monoisotopic (exact) mass is 426 g/mol. The van der Waals surface area contributed by atoms with Crippen LogP contribution in [0, 0.1) is 6.92 Å². The molecular weight excluding hydrogens is 392 g/mol. The van der Waals surface area contributed by atoms with Gasteiger partial charge in [-0.2, -0.15) is 0 Å². The molecule has 3 heterocycles. The molecule has 2 aliphatic rings. The second-order valence-electron chi connectivity index (χ2n) is 8.61. The van der Waals surface area contributed by atoms with Gasteiger partial charge >= 0.3 is 0 Å². The lowest BCUT2D eigenvalue weighted by molar-refractivity contribution is -0.0155. The summed E-state index contributed by atoms with van der Waals surface area (Å²) in [6.45, 7) is 5.82. The molecule has 0 bridgehead atoms. The first-order valence-electron chi connectivity index (χ1n) is 11.5. The molecule has 2 aromatic rings. The molecular formula is C25H34N2O4. The number of methoxy groups -OCH3 is 1. The van der Waals surface area contributed by atoms with Crippen molar-refractivity contribution in [2.24, 2.45) is 0 Å². The van der Waals surface area contributed by atoms with Crippen LogP contribution >= 0.6 is 0 Å². The molecule has 0 aliphatic carbocycles. The fourth-order valence-electron chi connectivity index (χ4n) is 4.85. The van der Waals surface area contributed by atoms with Gasteiger partial charge in [0.25, 0.3) is 5.91 Å². The van der Waals surface area contributed by atoms with Crippen molar-refractivity contribution in [3.8, 4) is 5.75 Å². The van der Waals surface area contributed by atoms with Gasteiger partial charge in [0.15, 0.2) is 0 Å². The fourth-order valence-corrected chi connectivity index (χ4v) is 4.85. The molecule has 1 amide bonds. The Morgan fingerprint density at radius 2 is 1.90 bits per heavy atom. The number of hydrogen-bond donors (Lipinski definition) is 0. The van der Waals surface area contributed by atoms with Crippen LogP contribution in [-0.4, -0.2) is 61.2 Å². The maximum absolute atomic E-state index is 13.5. The van der Waals surface area contributed by atoms with Crippen LogP contribution in [0.25, 0.3) is 0 Å². The highest BCUT2D eigenvalue weighted by Crippen LogP contribution is 2.29. The third-order valence-corrected chi connectivity index (χ3v) is 6.46. The van der Waals surface area contributed by atoms with Crippen LogP contribution in [0.15, 0.2) is 40.8 Å². The van der Waals surface area contributed by atoms with E-state index in [1.807, 2.05) is 42.2 Å². The van der Waals surface area contributed by atoms with E-state index < -0.39 is 0 Å². The van der Waals surface area contributed by atoms with Crippen LogP contribution in [0.2, 0.25) is 0 Å². The van der Waals surface area contributed by atoms with Crippen LogP contribution in [0.4, 0.5) is 0 Å². The van der Waals surface area contributed by atoms with E-state index in [-0.39, 0.29) is 18.1 Å². The molecule has 0 saturated carbocycles. The summed E-state index contributed by atoms with van der Waals surface area (Å²) in [5.41, 5.74) is 0.650. The van der Waals surface area contributed by atoms with Gasteiger partial charge in [0.05, 0.1) is 24.3 Å². The van der Waals surface area contributed by atoms with E-state index in [1.165, 1.54) is 0 Å². The average Bonchev–Trinajstić information content (AvgIpc) is 3.20. The summed E-state index contributed by atoms with van der Waals surface area (Å²) < 4.78 is 17.7. The maximum Gasteiger partial charge on any atom is 0.257 e. The van der Waals surface area contributed by atoms with Crippen molar-refractivity contribution in [3.05, 3.63) is 53.5 Å². The van der Waals surface area contributed by atoms with Gasteiger partial charge in [0.2, 0.25) is 0 Å². The van der Waals surface area contributed by atoms with Gasteiger partial charge in [-0.1, -0.05) is 18.6 Å². The molecule has 1 fully saturated rings. The number of aryl methyl sites for hydroxylation is 1. The normalized spacial score (nSPS) is 23.7. The van der Waals surface area contributed by atoms with Gasteiger partial charge in [-0.3, -0.25) is 9.69 Å². The molecule has 1 aromatic heterocycles. The molecule has 0 unspecified atom stereocenters. The van der Waals surface area contributed by atoms with Crippen molar-refractivity contribution < 1.29 is 18.7 Å². The summed E-state index contributed by atoms with van der Waals surface area (Å²) >= 11 is 0. The summed E-state index contributed by atoms with van der Waals surface area (Å²) in [6.07, 6.45) is 5.17. The summed E-state index contributed by atoms with van der Waals surface area (Å²) in [4.78, 5) is 17.9. The number of rotatable bonds is 3. The Morgan fingerprint density at radius 3 is 2.71 bits per heavy atom. The topological polar surface area (TPSA) is 55.1 Å². The number of furan rings is 1. The molecule has 0 spiro atoms. The number of hydrogen-bond acceptors (Lipinski definition) is 5. The highest BCUT2D eigenvalue weighted by atomic mass is 16.5. The number of para-hydroxylation sites is 1. The van der Waals surface area contributed by atoms with E-state index in [2.05, 4.69) is 11.0 Å². The Kier molecular flexibility index (Phi) is 7.30. The van der Waals surface area contributed by atoms with Crippen molar-refractivity contribution in [2.75, 3.05) is 33.4 Å². The van der Waals surface area contributed by atoms with Crippen molar-refractivity contribution in [1.29, 1.82) is 0 Å². The Morgan fingerprint density at radius 1 is 1.03 bits per heavy atom. The van der Waals surface area contributed by atoms with E-state index in [0.717, 1.165) is 69.8 Å². The molecule has 31 heavy (non-hydrogen) atoms. The molecule has 4 rings (SSSR count). The average molecular weight is 427 g/mol. The number of benzene rings is 1. The van der Waals surface area contributed by atoms with Gasteiger partial charge < -0.3 is 18.8 Å². The Labute approximate surface area is 185 Å². The maximum atomic E-state index is 13.5. The first kappa shape index (κ1) is 21.9. The van der Waals surface area contributed by atoms with Crippen molar-refractivity contribution >= 4 is 5.91 Å². The second-order valence-corrected chi connectivity index (χ2v) is 8.61. The Hall–Kier alpha value is -2.31. The van der Waals surface area contributed by atoms with Crippen molar-refractivity contribution in [2.45, 2.75) is 57.7 Å². The third-order valence-electron chi connectivity index (χ3n) is 6.46. The third kappa shape index (κ3) is 5.31. The number of fused-ring (bicyclic) bond motifs is 2. The van der Waals surface area contributed by atoms with E-state index in [0.29, 0.717) is 17.9 Å². The first-order chi connectivity index (χ1) is 15.2. The minimum Gasteiger partial charge on any atom is -0.491 e. The summed E-state index contributed by atoms with van der Waals surface area (Å²) in [5, 5.41) is 0. The molecule has 168 valence electrons. The minimum absolute atomic E-state index is 0.0597. The lowest BCUT2D eigenvalue weighted by Crippen LogP contribution is -2.51. The van der Waals surface area contributed by atoms with E-state index in [1.54, 1.807) is 7.11 Å². The molecule has 6 nitrogen and oxygen atoms in total. The van der Waals surface area contributed by atoms with Crippen LogP contribution < -0.4 is 4.74 Å². The zero-order chi connectivity index (χ0) is 21.6. The summed E-state index contributed by atoms with van der Waals surface area (Å²) in [6, 6.07) is 11.8. The Balaban J connectivity index is 1.56. The molecule has 2 aliphatic heterocycles. The van der Waals surface area contributed by atoms with Gasteiger partial charge in [-0.05, 0) is 63.4 Å². The molecule has 1 saturated heterocycles. The SMILES string of the molecule is CO[C@@H]1CCCN2C(=O)c3ccccc3OCCN(Cc3ccc(C)o3)CCCC[C@H]12. The van der Waals surface area contributed by atoms with E-state index in [4.69, 9.17) is 13.9 Å². The highest BCUT2D eigenvalue weighted by molar-refractivity contribution is 5.97. The number of piperidine rings is 1. The highest BCUT2D eigenvalue weighted by Gasteiger charge is 2.35. The fraction of sp³-hybridized carbons (Fsp3) is 0.560. The number of nitrogens with zero attached hydrogens (tertiary/aromatic N) is 2. The van der Waals surface area contributed by atoms with Crippen LogP contribution in [0.5, 0.6) is 5.75 Å². The summed E-state index contributed by atoms with van der Waals surface area (Å²) in [7, 11) is 1.77. The predicted octanol–water partition coefficient (Wildman–Crippen LogP) is 4.27. The second kappa shape index (κ2) is 10.3.